The van der Waals surface area contributed by atoms with Gasteiger partial charge in [0, 0.05) is 48.7 Å². The van der Waals surface area contributed by atoms with Gasteiger partial charge in [0.1, 0.15) is 5.82 Å². The van der Waals surface area contributed by atoms with Gasteiger partial charge < -0.3 is 10.6 Å². The third kappa shape index (κ3) is 5.08. The molecule has 30 heavy (non-hydrogen) atoms. The second-order valence-corrected chi connectivity index (χ2v) is 7.46. The van der Waals surface area contributed by atoms with Gasteiger partial charge in [-0.2, -0.15) is 4.98 Å². The molecule has 1 saturated carbocycles. The van der Waals surface area contributed by atoms with Gasteiger partial charge in [0.25, 0.3) is 5.69 Å². The summed E-state index contributed by atoms with van der Waals surface area (Å²) in [6.45, 7) is 0.428. The van der Waals surface area contributed by atoms with Crippen LogP contribution in [0.3, 0.4) is 0 Å². The minimum atomic E-state index is -0.387. The first kappa shape index (κ1) is 19.8. The highest BCUT2D eigenvalue weighted by Crippen LogP contribution is 2.25. The maximum Gasteiger partial charge on any atom is 0.269 e. The molecule has 1 aliphatic rings. The summed E-state index contributed by atoms with van der Waals surface area (Å²) in [7, 11) is 0. The Hall–Kier alpha value is -3.55. The van der Waals surface area contributed by atoms with Crippen molar-refractivity contribution >= 4 is 17.5 Å². The predicted octanol–water partition coefficient (Wildman–Crippen LogP) is 4.80. The second kappa shape index (κ2) is 9.30. The zero-order valence-corrected chi connectivity index (χ0v) is 16.6. The Labute approximate surface area is 175 Å². The molecule has 0 amide bonds. The van der Waals surface area contributed by atoms with Gasteiger partial charge in [-0.15, -0.1) is 0 Å². The van der Waals surface area contributed by atoms with Gasteiger partial charge >= 0.3 is 0 Å². The number of nitro groups is 1. The van der Waals surface area contributed by atoms with E-state index in [0.29, 0.717) is 24.4 Å². The van der Waals surface area contributed by atoms with Gasteiger partial charge in [-0.05, 0) is 30.5 Å². The Bertz CT molecular complexity index is 1010. The molecule has 2 N–H and O–H groups in total. The molecule has 2 heterocycles. The Morgan fingerprint density at radius 3 is 2.60 bits per heavy atom. The first-order valence-electron chi connectivity index (χ1n) is 10.2. The molecule has 154 valence electrons. The molecule has 4 rings (SSSR count). The molecule has 1 fully saturated rings. The van der Waals surface area contributed by atoms with E-state index in [-0.39, 0.29) is 10.6 Å². The number of non-ortho nitro benzene ring substituents is 1. The van der Waals surface area contributed by atoms with Crippen molar-refractivity contribution in [1.29, 1.82) is 0 Å². The highest BCUT2D eigenvalue weighted by atomic mass is 16.6. The number of rotatable bonds is 7. The summed E-state index contributed by atoms with van der Waals surface area (Å²) in [5, 5.41) is 17.8. The summed E-state index contributed by atoms with van der Waals surface area (Å²) in [5.74, 6) is 1.26. The van der Waals surface area contributed by atoms with E-state index in [9.17, 15) is 10.1 Å². The maximum atomic E-state index is 11.0. The molecule has 0 spiro atoms. The molecule has 2 aromatic heterocycles. The van der Waals surface area contributed by atoms with Crippen LogP contribution >= 0.6 is 0 Å². The van der Waals surface area contributed by atoms with Gasteiger partial charge in [0.15, 0.2) is 0 Å². The fourth-order valence-electron chi connectivity index (χ4n) is 3.68. The van der Waals surface area contributed by atoms with Gasteiger partial charge in [0.05, 0.1) is 10.6 Å². The van der Waals surface area contributed by atoms with Crippen LogP contribution < -0.4 is 10.6 Å². The molecule has 1 aromatic carbocycles. The number of nitrogens with zero attached hydrogens (tertiary/aromatic N) is 4. The summed E-state index contributed by atoms with van der Waals surface area (Å²) in [5.41, 5.74) is 2.65. The Balaban J connectivity index is 1.57. The molecule has 0 aliphatic heterocycles. The molecular weight excluding hydrogens is 380 g/mol. The lowest BCUT2D eigenvalue weighted by molar-refractivity contribution is -0.384. The van der Waals surface area contributed by atoms with E-state index < -0.39 is 0 Å². The Kier molecular flexibility index (Phi) is 6.12. The number of benzene rings is 1. The van der Waals surface area contributed by atoms with Gasteiger partial charge in [0.2, 0.25) is 5.95 Å². The Morgan fingerprint density at radius 2 is 1.83 bits per heavy atom. The minimum Gasteiger partial charge on any atom is -0.366 e. The van der Waals surface area contributed by atoms with Crippen LogP contribution in [0.15, 0.2) is 54.9 Å². The molecule has 8 nitrogen and oxygen atoms in total. The van der Waals surface area contributed by atoms with Crippen molar-refractivity contribution < 1.29 is 4.92 Å². The van der Waals surface area contributed by atoms with Crippen LogP contribution in [0.1, 0.15) is 37.7 Å². The molecule has 1 aliphatic carbocycles. The van der Waals surface area contributed by atoms with Crippen LogP contribution in [0.4, 0.5) is 17.5 Å². The van der Waals surface area contributed by atoms with E-state index in [1.807, 2.05) is 24.3 Å². The van der Waals surface area contributed by atoms with Crippen molar-refractivity contribution in [2.24, 2.45) is 0 Å². The van der Waals surface area contributed by atoms with Crippen molar-refractivity contribution in [3.63, 3.8) is 0 Å². The highest BCUT2D eigenvalue weighted by Gasteiger charge is 2.15. The van der Waals surface area contributed by atoms with Crippen LogP contribution in [0.25, 0.3) is 11.3 Å². The van der Waals surface area contributed by atoms with E-state index >= 15 is 0 Å². The maximum absolute atomic E-state index is 11.0. The number of aromatic nitrogens is 3. The van der Waals surface area contributed by atoms with Gasteiger partial charge in [-0.1, -0.05) is 31.4 Å². The normalized spacial score (nSPS) is 14.3. The predicted molar refractivity (Wildman–Crippen MR) is 116 cm³/mol. The Morgan fingerprint density at radius 1 is 1.03 bits per heavy atom. The topological polar surface area (TPSA) is 106 Å². The van der Waals surface area contributed by atoms with E-state index in [1.54, 1.807) is 24.5 Å². The SMILES string of the molecule is O=[N+]([O-])c1cccc(CNc2cc(-c3ccncc3)nc(NC3CCCCC3)n2)c1. The van der Waals surface area contributed by atoms with Gasteiger partial charge in [-0.25, -0.2) is 4.98 Å². The molecule has 0 unspecified atom stereocenters. The van der Waals surface area contributed by atoms with Crippen LogP contribution in [0.5, 0.6) is 0 Å². The summed E-state index contributed by atoms with van der Waals surface area (Å²) in [4.78, 5) is 24.1. The third-order valence-corrected chi connectivity index (χ3v) is 5.24. The van der Waals surface area contributed by atoms with Gasteiger partial charge in [-0.3, -0.25) is 15.1 Å². The molecule has 3 aromatic rings. The van der Waals surface area contributed by atoms with Crippen molar-refractivity contribution in [2.75, 3.05) is 10.6 Å². The monoisotopic (exact) mass is 404 g/mol. The quantitative estimate of drug-likeness (QED) is 0.430. The zero-order valence-electron chi connectivity index (χ0n) is 16.6. The summed E-state index contributed by atoms with van der Waals surface area (Å²) < 4.78 is 0. The number of nitro benzene ring substituents is 1. The first-order chi connectivity index (χ1) is 14.7. The molecule has 0 saturated heterocycles. The number of anilines is 2. The number of hydrogen-bond donors (Lipinski definition) is 2. The largest absolute Gasteiger partial charge is 0.366 e. The number of pyridine rings is 1. The lowest BCUT2D eigenvalue weighted by atomic mass is 9.96. The van der Waals surface area contributed by atoms with Crippen LogP contribution in [-0.2, 0) is 6.54 Å². The number of hydrogen-bond acceptors (Lipinski definition) is 7. The van der Waals surface area contributed by atoms with E-state index in [0.717, 1.165) is 29.7 Å². The van der Waals surface area contributed by atoms with Crippen molar-refractivity contribution in [3.05, 3.63) is 70.5 Å². The molecule has 8 heteroatoms. The lowest BCUT2D eigenvalue weighted by Gasteiger charge is -2.23. The van der Waals surface area contributed by atoms with E-state index in [4.69, 9.17) is 4.98 Å². The second-order valence-electron chi connectivity index (χ2n) is 7.46. The van der Waals surface area contributed by atoms with Crippen LogP contribution in [0, 0.1) is 10.1 Å². The first-order valence-corrected chi connectivity index (χ1v) is 10.2. The van der Waals surface area contributed by atoms with E-state index in [1.165, 1.54) is 25.3 Å². The lowest BCUT2D eigenvalue weighted by Crippen LogP contribution is -2.23. The molecule has 0 bridgehead atoms. The average Bonchev–Trinajstić information content (AvgIpc) is 2.79. The molecule has 0 radical (unpaired) electrons. The smallest absolute Gasteiger partial charge is 0.269 e. The van der Waals surface area contributed by atoms with Crippen LogP contribution in [-0.4, -0.2) is 25.9 Å². The average molecular weight is 404 g/mol. The van der Waals surface area contributed by atoms with Crippen molar-refractivity contribution in [2.45, 2.75) is 44.7 Å². The summed E-state index contributed by atoms with van der Waals surface area (Å²) >= 11 is 0. The van der Waals surface area contributed by atoms with E-state index in [2.05, 4.69) is 20.6 Å². The summed E-state index contributed by atoms with van der Waals surface area (Å²) in [6, 6.07) is 12.7. The van der Waals surface area contributed by atoms with Crippen molar-refractivity contribution in [3.8, 4) is 11.3 Å². The number of nitrogens with one attached hydrogen (secondary N) is 2. The fraction of sp³-hybridized carbons (Fsp3) is 0.318. The third-order valence-electron chi connectivity index (χ3n) is 5.24. The standard InChI is InChI=1S/C22H24N6O2/c29-28(30)19-8-4-5-16(13-19)15-24-21-14-20(17-9-11-23-12-10-17)26-22(27-21)25-18-6-2-1-3-7-18/h4-5,8-14,18H,1-3,6-7,15H2,(H2,24,25,26,27). The van der Waals surface area contributed by atoms with Crippen LogP contribution in [0.2, 0.25) is 0 Å². The van der Waals surface area contributed by atoms with Crippen molar-refractivity contribution in [1.82, 2.24) is 15.0 Å². The summed E-state index contributed by atoms with van der Waals surface area (Å²) in [6.07, 6.45) is 9.45. The minimum absolute atomic E-state index is 0.0779. The highest BCUT2D eigenvalue weighted by molar-refractivity contribution is 5.64. The molecular formula is C22H24N6O2. The fourth-order valence-corrected chi connectivity index (χ4v) is 3.68. The molecule has 0 atom stereocenters. The zero-order chi connectivity index (χ0) is 20.8.